The Morgan fingerprint density at radius 1 is 1.57 bits per heavy atom. The number of nitrogen functional groups attached to an aromatic ring is 1. The number of hydrogen-bond acceptors (Lipinski definition) is 5. The van der Waals surface area contributed by atoms with Crippen LogP contribution in [-0.4, -0.2) is 35.5 Å². The molecule has 1 aromatic heterocycles. The zero-order valence-corrected chi connectivity index (χ0v) is 13.6. The minimum atomic E-state index is -3.81. The molecule has 1 fully saturated rings. The highest BCUT2D eigenvalue weighted by Gasteiger charge is 2.39. The molecule has 2 atom stereocenters. The Morgan fingerprint density at radius 3 is 2.71 bits per heavy atom. The molecule has 1 aromatic rings. The summed E-state index contributed by atoms with van der Waals surface area (Å²) in [4.78, 5) is 0.0102. The predicted molar refractivity (Wildman–Crippen MR) is 80.1 cm³/mol. The van der Waals surface area contributed by atoms with E-state index in [0.29, 0.717) is 24.5 Å². The topological polar surface area (TPSA) is 110 Å². The minimum absolute atomic E-state index is 0.0102. The summed E-state index contributed by atoms with van der Waals surface area (Å²) in [6, 6.07) is 0. The van der Waals surface area contributed by atoms with Crippen LogP contribution in [0.4, 0.5) is 5.82 Å². The van der Waals surface area contributed by atoms with Gasteiger partial charge >= 0.3 is 0 Å². The van der Waals surface area contributed by atoms with Crippen LogP contribution in [0, 0.1) is 12.8 Å². The Bertz CT molecular complexity index is 626. The number of rotatable bonds is 4. The van der Waals surface area contributed by atoms with Crippen molar-refractivity contribution >= 4 is 15.8 Å². The van der Waals surface area contributed by atoms with Gasteiger partial charge in [0.25, 0.3) is 0 Å². The van der Waals surface area contributed by atoms with Gasteiger partial charge in [0.2, 0.25) is 10.0 Å². The van der Waals surface area contributed by atoms with Gasteiger partial charge in [-0.2, -0.15) is 5.10 Å². The van der Waals surface area contributed by atoms with E-state index in [1.165, 1.54) is 4.68 Å². The minimum Gasteiger partial charge on any atom is -0.394 e. The van der Waals surface area contributed by atoms with E-state index >= 15 is 0 Å². The van der Waals surface area contributed by atoms with E-state index < -0.39 is 15.6 Å². The maximum Gasteiger partial charge on any atom is 0.246 e. The van der Waals surface area contributed by atoms with Crippen LogP contribution in [0.5, 0.6) is 0 Å². The molecule has 0 spiro atoms. The third-order valence-electron chi connectivity index (χ3n) is 4.32. The average molecular weight is 316 g/mol. The van der Waals surface area contributed by atoms with E-state index in [0.717, 1.165) is 12.8 Å². The summed E-state index contributed by atoms with van der Waals surface area (Å²) in [6.07, 6.45) is 3.21. The van der Waals surface area contributed by atoms with Crippen molar-refractivity contribution in [3.05, 3.63) is 5.69 Å². The molecule has 2 rings (SSSR count). The quantitative estimate of drug-likeness (QED) is 0.750. The molecule has 1 aliphatic rings. The van der Waals surface area contributed by atoms with Crippen LogP contribution < -0.4 is 10.5 Å². The second kappa shape index (κ2) is 5.58. The Kier molecular flexibility index (Phi) is 4.32. The zero-order valence-electron chi connectivity index (χ0n) is 12.8. The van der Waals surface area contributed by atoms with Gasteiger partial charge in [0, 0.05) is 7.05 Å². The standard InChI is InChI=1S/C13H24N4O3S/c1-9-5-4-6-13(7-9,8-18)16-21(19,20)11-10(2)17(3)15-12(11)14/h9,16,18H,4-8H2,1-3H3,(H2,14,15). The van der Waals surface area contributed by atoms with Gasteiger partial charge in [-0.3, -0.25) is 4.68 Å². The lowest BCUT2D eigenvalue weighted by Gasteiger charge is -2.38. The smallest absolute Gasteiger partial charge is 0.246 e. The van der Waals surface area contributed by atoms with E-state index in [2.05, 4.69) is 16.7 Å². The van der Waals surface area contributed by atoms with Gasteiger partial charge in [0.15, 0.2) is 5.82 Å². The number of anilines is 1. The molecule has 2 unspecified atom stereocenters. The molecule has 0 aromatic carbocycles. The van der Waals surface area contributed by atoms with Gasteiger partial charge in [0.1, 0.15) is 4.90 Å². The highest BCUT2D eigenvalue weighted by Crippen LogP contribution is 2.34. The summed E-state index contributed by atoms with van der Waals surface area (Å²) in [7, 11) is -2.16. The monoisotopic (exact) mass is 316 g/mol. The SMILES string of the molecule is Cc1c(S(=O)(=O)NC2(CO)CCCC(C)C2)c(N)nn1C. The number of aliphatic hydroxyl groups is 1. The molecule has 1 aliphatic carbocycles. The highest BCUT2D eigenvalue weighted by atomic mass is 32.2. The normalized spacial score (nSPS) is 27.0. The zero-order chi connectivity index (χ0) is 15.8. The fraction of sp³-hybridized carbons (Fsp3) is 0.769. The van der Waals surface area contributed by atoms with Crippen LogP contribution in [0.3, 0.4) is 0 Å². The highest BCUT2D eigenvalue weighted by molar-refractivity contribution is 7.89. The first-order valence-electron chi connectivity index (χ1n) is 7.15. The summed E-state index contributed by atoms with van der Waals surface area (Å²) in [5, 5.41) is 13.7. The molecule has 4 N–H and O–H groups in total. The molecule has 0 saturated heterocycles. The molecule has 21 heavy (non-hydrogen) atoms. The maximum absolute atomic E-state index is 12.7. The van der Waals surface area contributed by atoms with Crippen molar-refractivity contribution in [1.29, 1.82) is 0 Å². The van der Waals surface area contributed by atoms with E-state index in [-0.39, 0.29) is 17.3 Å². The van der Waals surface area contributed by atoms with Gasteiger partial charge in [-0.25, -0.2) is 13.1 Å². The lowest BCUT2D eigenvalue weighted by molar-refractivity contribution is 0.120. The van der Waals surface area contributed by atoms with Crippen molar-refractivity contribution in [1.82, 2.24) is 14.5 Å². The number of nitrogens with one attached hydrogen (secondary N) is 1. The van der Waals surface area contributed by atoms with Gasteiger partial charge < -0.3 is 10.8 Å². The van der Waals surface area contributed by atoms with Crippen molar-refractivity contribution < 1.29 is 13.5 Å². The van der Waals surface area contributed by atoms with Gasteiger partial charge in [-0.15, -0.1) is 0 Å². The van der Waals surface area contributed by atoms with Crippen molar-refractivity contribution in [2.75, 3.05) is 12.3 Å². The molecule has 1 saturated carbocycles. The van der Waals surface area contributed by atoms with Gasteiger partial charge in [-0.05, 0) is 25.7 Å². The first kappa shape index (κ1) is 16.3. The van der Waals surface area contributed by atoms with E-state index in [4.69, 9.17) is 5.73 Å². The molecule has 8 heteroatoms. The maximum atomic E-state index is 12.7. The fourth-order valence-corrected chi connectivity index (χ4v) is 4.97. The van der Waals surface area contributed by atoms with E-state index in [1.54, 1.807) is 14.0 Å². The largest absolute Gasteiger partial charge is 0.394 e. The summed E-state index contributed by atoms with van der Waals surface area (Å²) in [5.41, 5.74) is 5.41. The van der Waals surface area contributed by atoms with Crippen LogP contribution in [0.15, 0.2) is 4.90 Å². The molecule has 120 valence electrons. The number of nitrogens with zero attached hydrogens (tertiary/aromatic N) is 2. The van der Waals surface area contributed by atoms with Crippen molar-refractivity contribution in [3.8, 4) is 0 Å². The van der Waals surface area contributed by atoms with Crippen LogP contribution in [0.2, 0.25) is 0 Å². The second-order valence-electron chi connectivity index (χ2n) is 6.17. The number of nitrogens with two attached hydrogens (primary N) is 1. The van der Waals surface area contributed by atoms with Crippen molar-refractivity contribution in [3.63, 3.8) is 0 Å². The molecule has 7 nitrogen and oxygen atoms in total. The molecule has 1 heterocycles. The third kappa shape index (κ3) is 3.07. The molecular weight excluding hydrogens is 292 g/mol. The molecule has 0 aliphatic heterocycles. The van der Waals surface area contributed by atoms with Crippen molar-refractivity contribution in [2.45, 2.75) is 50.0 Å². The predicted octanol–water partition coefficient (Wildman–Crippen LogP) is 0.530. The van der Waals surface area contributed by atoms with Gasteiger partial charge in [0.05, 0.1) is 17.8 Å². The fourth-order valence-electron chi connectivity index (χ4n) is 3.21. The first-order valence-corrected chi connectivity index (χ1v) is 8.63. The lowest BCUT2D eigenvalue weighted by Crippen LogP contribution is -2.53. The van der Waals surface area contributed by atoms with Crippen LogP contribution in [-0.2, 0) is 17.1 Å². The summed E-state index contributed by atoms with van der Waals surface area (Å²) < 4.78 is 29.5. The third-order valence-corrected chi connectivity index (χ3v) is 6.06. The number of aromatic nitrogens is 2. The Labute approximate surface area is 125 Å². The van der Waals surface area contributed by atoms with Crippen LogP contribution >= 0.6 is 0 Å². The van der Waals surface area contributed by atoms with E-state index in [1.807, 2.05) is 0 Å². The van der Waals surface area contributed by atoms with E-state index in [9.17, 15) is 13.5 Å². The number of sulfonamides is 1. The first-order chi connectivity index (χ1) is 9.71. The second-order valence-corrected chi connectivity index (χ2v) is 7.79. The summed E-state index contributed by atoms with van der Waals surface area (Å²) >= 11 is 0. The summed E-state index contributed by atoms with van der Waals surface area (Å²) in [6.45, 7) is 3.52. The lowest BCUT2D eigenvalue weighted by atomic mass is 9.78. The molecule has 0 amide bonds. The summed E-state index contributed by atoms with van der Waals surface area (Å²) in [5.74, 6) is 0.361. The number of aliphatic hydroxyl groups excluding tert-OH is 1. The Morgan fingerprint density at radius 2 is 2.24 bits per heavy atom. The number of hydrogen-bond donors (Lipinski definition) is 3. The average Bonchev–Trinajstić information content (AvgIpc) is 2.63. The van der Waals surface area contributed by atoms with Crippen LogP contribution in [0.25, 0.3) is 0 Å². The Hall–Kier alpha value is -1.12. The molecule has 0 radical (unpaired) electrons. The molecular formula is C13H24N4O3S. The Balaban J connectivity index is 2.36. The van der Waals surface area contributed by atoms with Gasteiger partial charge in [-0.1, -0.05) is 19.8 Å². The van der Waals surface area contributed by atoms with Crippen LogP contribution in [0.1, 0.15) is 38.3 Å². The molecule has 0 bridgehead atoms. The van der Waals surface area contributed by atoms with Crippen molar-refractivity contribution in [2.24, 2.45) is 13.0 Å². The number of aryl methyl sites for hydroxylation is 1.